The molecular formula is C4H10OS2. The normalized spacial score (nSPS) is 14.1. The Morgan fingerprint density at radius 2 is 2.14 bits per heavy atom. The van der Waals surface area contributed by atoms with Crippen molar-refractivity contribution in [2.45, 2.75) is 11.7 Å². The van der Waals surface area contributed by atoms with Crippen molar-refractivity contribution in [1.29, 1.82) is 0 Å². The molecule has 1 unspecified atom stereocenters. The molecule has 7 heavy (non-hydrogen) atoms. The van der Waals surface area contributed by atoms with E-state index in [1.807, 2.05) is 0 Å². The van der Waals surface area contributed by atoms with E-state index in [0.717, 1.165) is 12.2 Å². The molecule has 0 amide bonds. The standard InChI is InChI=1S/C4H10OS2/c5-3-4(7)1-2-6/h4-7H,1-3H2. The smallest absolute Gasteiger partial charge is 0.0547 e. The van der Waals surface area contributed by atoms with Crippen LogP contribution in [0.15, 0.2) is 0 Å². The molecule has 0 fully saturated rings. The van der Waals surface area contributed by atoms with Crippen LogP contribution in [0.5, 0.6) is 0 Å². The van der Waals surface area contributed by atoms with Crippen molar-refractivity contribution in [2.75, 3.05) is 12.4 Å². The van der Waals surface area contributed by atoms with Gasteiger partial charge in [0.25, 0.3) is 0 Å². The SMILES string of the molecule is OCC(S)CCS. The first-order chi connectivity index (χ1) is 3.31. The lowest BCUT2D eigenvalue weighted by Crippen LogP contribution is -2.04. The van der Waals surface area contributed by atoms with Gasteiger partial charge >= 0.3 is 0 Å². The summed E-state index contributed by atoms with van der Waals surface area (Å²) in [7, 11) is 0. The molecule has 0 aromatic heterocycles. The summed E-state index contributed by atoms with van der Waals surface area (Å²) < 4.78 is 0. The summed E-state index contributed by atoms with van der Waals surface area (Å²) >= 11 is 7.97. The number of aliphatic hydroxyl groups is 1. The van der Waals surface area contributed by atoms with E-state index in [1.165, 1.54) is 0 Å². The predicted molar refractivity (Wildman–Crippen MR) is 38.3 cm³/mol. The monoisotopic (exact) mass is 138 g/mol. The third-order valence-corrected chi connectivity index (χ3v) is 1.35. The average molecular weight is 138 g/mol. The van der Waals surface area contributed by atoms with Crippen LogP contribution in [0, 0.1) is 0 Å². The molecule has 1 atom stereocenters. The van der Waals surface area contributed by atoms with Gasteiger partial charge in [0.1, 0.15) is 0 Å². The van der Waals surface area contributed by atoms with E-state index >= 15 is 0 Å². The zero-order valence-electron chi connectivity index (χ0n) is 4.04. The third kappa shape index (κ3) is 4.51. The highest BCUT2D eigenvalue weighted by atomic mass is 32.1. The molecule has 0 heterocycles. The van der Waals surface area contributed by atoms with Gasteiger partial charge in [0.2, 0.25) is 0 Å². The number of hydrogen-bond donors (Lipinski definition) is 3. The van der Waals surface area contributed by atoms with Crippen molar-refractivity contribution < 1.29 is 5.11 Å². The van der Waals surface area contributed by atoms with E-state index in [0.29, 0.717) is 0 Å². The molecule has 3 heteroatoms. The van der Waals surface area contributed by atoms with E-state index in [1.54, 1.807) is 0 Å². The first-order valence-electron chi connectivity index (χ1n) is 2.21. The maximum absolute atomic E-state index is 8.36. The summed E-state index contributed by atoms with van der Waals surface area (Å²) in [5.74, 6) is 0.800. The van der Waals surface area contributed by atoms with Crippen LogP contribution in [0.1, 0.15) is 6.42 Å². The Labute approximate surface area is 54.9 Å². The van der Waals surface area contributed by atoms with Crippen LogP contribution in [-0.4, -0.2) is 22.7 Å². The molecule has 0 bridgehead atoms. The van der Waals surface area contributed by atoms with Gasteiger partial charge in [-0.2, -0.15) is 25.3 Å². The molecule has 0 aromatic rings. The minimum Gasteiger partial charge on any atom is -0.395 e. The fourth-order valence-corrected chi connectivity index (χ4v) is 0.885. The highest BCUT2D eigenvalue weighted by Crippen LogP contribution is 1.99. The average Bonchev–Trinajstić information content (AvgIpc) is 1.68. The van der Waals surface area contributed by atoms with Crippen LogP contribution in [0.25, 0.3) is 0 Å². The highest BCUT2D eigenvalue weighted by Gasteiger charge is 1.95. The fourth-order valence-electron chi connectivity index (χ4n) is 0.240. The van der Waals surface area contributed by atoms with E-state index in [9.17, 15) is 0 Å². The molecule has 1 N–H and O–H groups in total. The molecule has 0 rings (SSSR count). The summed E-state index contributed by atoms with van der Waals surface area (Å²) in [4.78, 5) is 0. The van der Waals surface area contributed by atoms with Crippen molar-refractivity contribution in [3.63, 3.8) is 0 Å². The topological polar surface area (TPSA) is 20.2 Å². The maximum atomic E-state index is 8.36. The van der Waals surface area contributed by atoms with Crippen molar-refractivity contribution in [2.24, 2.45) is 0 Å². The second-order valence-corrected chi connectivity index (χ2v) is 2.53. The summed E-state index contributed by atoms with van der Waals surface area (Å²) in [6.07, 6.45) is 0.878. The van der Waals surface area contributed by atoms with Gasteiger partial charge in [-0.25, -0.2) is 0 Å². The van der Waals surface area contributed by atoms with Crippen LogP contribution in [0.2, 0.25) is 0 Å². The second kappa shape index (κ2) is 4.81. The molecule has 0 aliphatic rings. The van der Waals surface area contributed by atoms with Crippen molar-refractivity contribution in [3.8, 4) is 0 Å². The minimum atomic E-state index is 0.123. The van der Waals surface area contributed by atoms with Gasteiger partial charge in [-0.05, 0) is 12.2 Å². The maximum Gasteiger partial charge on any atom is 0.0547 e. The summed E-state index contributed by atoms with van der Waals surface area (Å²) in [6, 6.07) is 0. The van der Waals surface area contributed by atoms with Crippen molar-refractivity contribution >= 4 is 25.3 Å². The largest absolute Gasteiger partial charge is 0.395 e. The molecule has 44 valence electrons. The predicted octanol–water partition coefficient (Wildman–Crippen LogP) is 0.597. The van der Waals surface area contributed by atoms with E-state index in [4.69, 9.17) is 5.11 Å². The lowest BCUT2D eigenvalue weighted by atomic mass is 10.3. The zero-order chi connectivity index (χ0) is 5.70. The van der Waals surface area contributed by atoms with E-state index in [-0.39, 0.29) is 11.9 Å². The van der Waals surface area contributed by atoms with Gasteiger partial charge in [0, 0.05) is 5.25 Å². The molecule has 0 aliphatic heterocycles. The number of hydrogen-bond acceptors (Lipinski definition) is 3. The molecule has 0 aromatic carbocycles. The van der Waals surface area contributed by atoms with Gasteiger partial charge < -0.3 is 5.11 Å². The Balaban J connectivity index is 2.83. The van der Waals surface area contributed by atoms with Crippen LogP contribution in [0.3, 0.4) is 0 Å². The molecular weight excluding hydrogens is 128 g/mol. The minimum absolute atomic E-state index is 0.123. The number of thiol groups is 2. The lowest BCUT2D eigenvalue weighted by molar-refractivity contribution is 0.294. The molecule has 0 saturated carbocycles. The van der Waals surface area contributed by atoms with Gasteiger partial charge in [-0.15, -0.1) is 0 Å². The first kappa shape index (κ1) is 7.66. The van der Waals surface area contributed by atoms with Crippen LogP contribution >= 0.6 is 25.3 Å². The van der Waals surface area contributed by atoms with E-state index < -0.39 is 0 Å². The van der Waals surface area contributed by atoms with Crippen molar-refractivity contribution in [1.82, 2.24) is 0 Å². The Hall–Kier alpha value is 0.660. The molecule has 0 spiro atoms. The Morgan fingerprint density at radius 1 is 1.57 bits per heavy atom. The Morgan fingerprint density at radius 3 is 2.29 bits per heavy atom. The summed E-state index contributed by atoms with van der Waals surface area (Å²) in [5, 5.41) is 8.48. The molecule has 0 radical (unpaired) electrons. The molecule has 0 saturated heterocycles. The number of rotatable bonds is 3. The van der Waals surface area contributed by atoms with Gasteiger partial charge in [-0.3, -0.25) is 0 Å². The first-order valence-corrected chi connectivity index (χ1v) is 3.36. The third-order valence-electron chi connectivity index (χ3n) is 0.673. The van der Waals surface area contributed by atoms with Crippen molar-refractivity contribution in [3.05, 3.63) is 0 Å². The highest BCUT2D eigenvalue weighted by molar-refractivity contribution is 7.81. The van der Waals surface area contributed by atoms with Crippen LogP contribution in [0.4, 0.5) is 0 Å². The molecule has 1 nitrogen and oxygen atoms in total. The van der Waals surface area contributed by atoms with Crippen LogP contribution < -0.4 is 0 Å². The lowest BCUT2D eigenvalue weighted by Gasteiger charge is -2.00. The van der Waals surface area contributed by atoms with Gasteiger partial charge in [0.05, 0.1) is 6.61 Å². The molecule has 0 aliphatic carbocycles. The van der Waals surface area contributed by atoms with Gasteiger partial charge in [-0.1, -0.05) is 0 Å². The van der Waals surface area contributed by atoms with E-state index in [2.05, 4.69) is 25.3 Å². The summed E-state index contributed by atoms with van der Waals surface area (Å²) in [5.41, 5.74) is 0. The number of aliphatic hydroxyl groups excluding tert-OH is 1. The fraction of sp³-hybridized carbons (Fsp3) is 1.00. The van der Waals surface area contributed by atoms with Gasteiger partial charge in [0.15, 0.2) is 0 Å². The zero-order valence-corrected chi connectivity index (χ0v) is 5.83. The van der Waals surface area contributed by atoms with Crippen LogP contribution in [-0.2, 0) is 0 Å². The summed E-state index contributed by atoms with van der Waals surface area (Å²) in [6.45, 7) is 0.156. The Bertz CT molecular complexity index is 40.7. The second-order valence-electron chi connectivity index (χ2n) is 1.35. The quantitative estimate of drug-likeness (QED) is 0.488. The Kier molecular flexibility index (Phi) is 5.26.